The number of ether oxygens (including phenoxy) is 1. The molecule has 0 fully saturated rings. The van der Waals surface area contributed by atoms with Gasteiger partial charge in [0.2, 0.25) is 0 Å². The molecule has 0 saturated carbocycles. The van der Waals surface area contributed by atoms with E-state index in [0.717, 1.165) is 17.7 Å². The predicted molar refractivity (Wildman–Crippen MR) is 70.2 cm³/mol. The van der Waals surface area contributed by atoms with Crippen LogP contribution < -0.4 is 5.32 Å². The van der Waals surface area contributed by atoms with Crippen molar-refractivity contribution in [1.29, 1.82) is 0 Å². The minimum atomic E-state index is -0.483. The van der Waals surface area contributed by atoms with Crippen LogP contribution in [0.3, 0.4) is 0 Å². The van der Waals surface area contributed by atoms with E-state index in [-0.39, 0.29) is 0 Å². The Kier molecular flexibility index (Phi) is 4.32. The van der Waals surface area contributed by atoms with Crippen molar-refractivity contribution in [1.82, 2.24) is 0 Å². The molecule has 0 bridgehead atoms. The number of hydrogen-bond donors (Lipinski definition) is 1. The van der Waals surface area contributed by atoms with Crippen LogP contribution in [0.1, 0.15) is 26.3 Å². The lowest BCUT2D eigenvalue weighted by molar-refractivity contribution is 0.0636. The van der Waals surface area contributed by atoms with Crippen molar-refractivity contribution in [2.45, 2.75) is 32.8 Å². The highest BCUT2D eigenvalue weighted by Crippen LogP contribution is 2.14. The first-order chi connectivity index (χ1) is 7.90. The van der Waals surface area contributed by atoms with Crippen molar-refractivity contribution in [2.75, 3.05) is 5.32 Å². The number of nitrogens with one attached hydrogen (secondary N) is 1. The van der Waals surface area contributed by atoms with E-state index in [1.807, 2.05) is 51.1 Å². The third-order valence-electron chi connectivity index (χ3n) is 1.95. The van der Waals surface area contributed by atoms with Crippen LogP contribution in [0.2, 0.25) is 0 Å². The molecular formula is C14H19NO2. The summed E-state index contributed by atoms with van der Waals surface area (Å²) in [6, 6.07) is 7.62. The molecule has 0 saturated heterocycles. The number of carbonyl (C=O) groups is 1. The van der Waals surface area contributed by atoms with Crippen molar-refractivity contribution in [3.05, 3.63) is 42.5 Å². The van der Waals surface area contributed by atoms with Crippen LogP contribution >= 0.6 is 0 Å². The van der Waals surface area contributed by atoms with E-state index in [9.17, 15) is 4.79 Å². The monoisotopic (exact) mass is 233 g/mol. The van der Waals surface area contributed by atoms with Crippen LogP contribution in [0, 0.1) is 0 Å². The summed E-state index contributed by atoms with van der Waals surface area (Å²) >= 11 is 0. The Morgan fingerprint density at radius 2 is 2.18 bits per heavy atom. The summed E-state index contributed by atoms with van der Waals surface area (Å²) in [7, 11) is 0. The molecule has 0 aliphatic rings. The first-order valence-electron chi connectivity index (χ1n) is 5.60. The van der Waals surface area contributed by atoms with Gasteiger partial charge < -0.3 is 4.74 Å². The van der Waals surface area contributed by atoms with Gasteiger partial charge in [-0.25, -0.2) is 4.79 Å². The molecule has 0 aliphatic heterocycles. The Morgan fingerprint density at radius 1 is 1.47 bits per heavy atom. The standard InChI is InChI=1S/C14H19NO2/c1-5-7-11-8-6-9-12(10-11)15-13(16)17-14(2,3)4/h5-6,8-10H,1,7H2,2-4H3,(H,15,16). The van der Waals surface area contributed by atoms with Crippen molar-refractivity contribution in [3.8, 4) is 0 Å². The fraction of sp³-hybridized carbons (Fsp3) is 0.357. The Hall–Kier alpha value is -1.77. The largest absolute Gasteiger partial charge is 0.444 e. The Balaban J connectivity index is 2.65. The zero-order chi connectivity index (χ0) is 12.9. The molecule has 1 rings (SSSR count). The molecule has 0 spiro atoms. The van der Waals surface area contributed by atoms with Gasteiger partial charge in [0.05, 0.1) is 0 Å². The molecule has 0 aliphatic carbocycles. The SMILES string of the molecule is C=CCc1cccc(NC(=O)OC(C)(C)C)c1. The molecule has 0 radical (unpaired) electrons. The smallest absolute Gasteiger partial charge is 0.412 e. The number of anilines is 1. The minimum Gasteiger partial charge on any atom is -0.444 e. The first kappa shape index (κ1) is 13.3. The van der Waals surface area contributed by atoms with Gasteiger partial charge in [0.15, 0.2) is 0 Å². The van der Waals surface area contributed by atoms with Crippen LogP contribution in [0.25, 0.3) is 0 Å². The topological polar surface area (TPSA) is 38.3 Å². The summed E-state index contributed by atoms with van der Waals surface area (Å²) in [4.78, 5) is 11.5. The molecule has 1 aromatic carbocycles. The van der Waals surface area contributed by atoms with Gasteiger partial charge in [0.1, 0.15) is 5.60 Å². The maximum Gasteiger partial charge on any atom is 0.412 e. The second-order valence-electron chi connectivity index (χ2n) is 4.82. The van der Waals surface area contributed by atoms with E-state index in [4.69, 9.17) is 4.74 Å². The Labute approximate surface area is 102 Å². The van der Waals surface area contributed by atoms with Gasteiger partial charge in [-0.15, -0.1) is 6.58 Å². The highest BCUT2D eigenvalue weighted by atomic mass is 16.6. The van der Waals surface area contributed by atoms with Crippen molar-refractivity contribution in [2.24, 2.45) is 0 Å². The third-order valence-corrected chi connectivity index (χ3v) is 1.95. The summed E-state index contributed by atoms with van der Waals surface area (Å²) in [5.41, 5.74) is 1.36. The number of benzene rings is 1. The van der Waals surface area contributed by atoms with E-state index < -0.39 is 11.7 Å². The number of carbonyl (C=O) groups excluding carboxylic acids is 1. The Morgan fingerprint density at radius 3 is 2.76 bits per heavy atom. The van der Waals surface area contributed by atoms with Gasteiger partial charge in [-0.1, -0.05) is 18.2 Å². The fourth-order valence-corrected chi connectivity index (χ4v) is 1.36. The first-order valence-corrected chi connectivity index (χ1v) is 5.60. The van der Waals surface area contributed by atoms with Crippen LogP contribution in [0.4, 0.5) is 10.5 Å². The molecule has 0 unspecified atom stereocenters. The summed E-state index contributed by atoms with van der Waals surface area (Å²) in [6.45, 7) is 9.19. The number of allylic oxidation sites excluding steroid dienone is 1. The average molecular weight is 233 g/mol. The molecule has 3 heteroatoms. The summed E-state index contributed by atoms with van der Waals surface area (Å²) < 4.78 is 5.17. The summed E-state index contributed by atoms with van der Waals surface area (Å²) in [5, 5.41) is 2.70. The normalized spacial score (nSPS) is 10.8. The Bertz CT molecular complexity index is 405. The maximum atomic E-state index is 11.5. The average Bonchev–Trinajstić information content (AvgIpc) is 2.15. The zero-order valence-electron chi connectivity index (χ0n) is 10.6. The lowest BCUT2D eigenvalue weighted by Crippen LogP contribution is -2.27. The second-order valence-corrected chi connectivity index (χ2v) is 4.82. The molecule has 1 aromatic rings. The second kappa shape index (κ2) is 5.53. The summed E-state index contributed by atoms with van der Waals surface area (Å²) in [5.74, 6) is 0. The van der Waals surface area contributed by atoms with E-state index >= 15 is 0 Å². The lowest BCUT2D eigenvalue weighted by atomic mass is 10.1. The van der Waals surface area contributed by atoms with Crippen molar-refractivity contribution < 1.29 is 9.53 Å². The minimum absolute atomic E-state index is 0.437. The molecule has 0 atom stereocenters. The van der Waals surface area contributed by atoms with Crippen LogP contribution in [0.5, 0.6) is 0 Å². The fourth-order valence-electron chi connectivity index (χ4n) is 1.36. The van der Waals surface area contributed by atoms with Gasteiger partial charge in [-0.2, -0.15) is 0 Å². The van der Waals surface area contributed by atoms with Gasteiger partial charge in [0.25, 0.3) is 0 Å². The molecule has 17 heavy (non-hydrogen) atoms. The predicted octanol–water partition coefficient (Wildman–Crippen LogP) is 3.76. The van der Waals surface area contributed by atoms with Gasteiger partial charge in [-0.05, 0) is 44.9 Å². The van der Waals surface area contributed by atoms with Crippen LogP contribution in [0.15, 0.2) is 36.9 Å². The quantitative estimate of drug-likeness (QED) is 0.807. The molecule has 1 N–H and O–H groups in total. The molecule has 3 nitrogen and oxygen atoms in total. The van der Waals surface area contributed by atoms with E-state index in [2.05, 4.69) is 11.9 Å². The zero-order valence-corrected chi connectivity index (χ0v) is 10.6. The summed E-state index contributed by atoms with van der Waals surface area (Å²) in [6.07, 6.45) is 2.17. The van der Waals surface area contributed by atoms with Crippen molar-refractivity contribution >= 4 is 11.8 Å². The van der Waals surface area contributed by atoms with Gasteiger partial charge in [0, 0.05) is 5.69 Å². The van der Waals surface area contributed by atoms with Crippen LogP contribution in [-0.2, 0) is 11.2 Å². The highest BCUT2D eigenvalue weighted by molar-refractivity contribution is 5.84. The number of rotatable bonds is 3. The number of amides is 1. The lowest BCUT2D eigenvalue weighted by Gasteiger charge is -2.19. The third kappa shape index (κ3) is 5.20. The van der Waals surface area contributed by atoms with E-state index in [1.54, 1.807) is 0 Å². The van der Waals surface area contributed by atoms with Crippen molar-refractivity contribution in [3.63, 3.8) is 0 Å². The van der Waals surface area contributed by atoms with Crippen LogP contribution in [-0.4, -0.2) is 11.7 Å². The van der Waals surface area contributed by atoms with E-state index in [0.29, 0.717) is 0 Å². The molecule has 0 heterocycles. The highest BCUT2D eigenvalue weighted by Gasteiger charge is 2.15. The molecule has 92 valence electrons. The van der Waals surface area contributed by atoms with Gasteiger partial charge >= 0.3 is 6.09 Å². The molecular weight excluding hydrogens is 214 g/mol. The van der Waals surface area contributed by atoms with Gasteiger partial charge in [-0.3, -0.25) is 5.32 Å². The molecule has 1 amide bonds. The van der Waals surface area contributed by atoms with E-state index in [1.165, 1.54) is 0 Å². The maximum absolute atomic E-state index is 11.5. The molecule has 0 aromatic heterocycles. The number of hydrogen-bond acceptors (Lipinski definition) is 2.